The third-order valence-electron chi connectivity index (χ3n) is 4.41. The van der Waals surface area contributed by atoms with E-state index in [0.29, 0.717) is 6.04 Å². The van der Waals surface area contributed by atoms with Crippen molar-refractivity contribution >= 4 is 0 Å². The van der Waals surface area contributed by atoms with Crippen LogP contribution in [-0.2, 0) is 0 Å². The van der Waals surface area contributed by atoms with E-state index < -0.39 is 0 Å². The third-order valence-corrected chi connectivity index (χ3v) is 4.41. The maximum absolute atomic E-state index is 3.82. The van der Waals surface area contributed by atoms with Gasteiger partial charge < -0.3 is 5.32 Å². The summed E-state index contributed by atoms with van der Waals surface area (Å²) >= 11 is 0. The van der Waals surface area contributed by atoms with E-state index in [2.05, 4.69) is 49.5 Å². The molecule has 0 bridgehead atoms. The molecule has 2 unspecified atom stereocenters. The van der Waals surface area contributed by atoms with E-state index >= 15 is 0 Å². The van der Waals surface area contributed by atoms with Crippen LogP contribution in [0.2, 0.25) is 0 Å². The number of hydrogen-bond acceptors (Lipinski definition) is 1. The van der Waals surface area contributed by atoms with Gasteiger partial charge in [-0.05, 0) is 43.2 Å². The highest BCUT2D eigenvalue weighted by Gasteiger charge is 2.28. The minimum absolute atomic E-state index is 0.550. The second-order valence-electron chi connectivity index (χ2n) is 6.18. The Labute approximate surface area is 118 Å². The van der Waals surface area contributed by atoms with Gasteiger partial charge in [-0.25, -0.2) is 0 Å². The van der Waals surface area contributed by atoms with E-state index in [1.165, 1.54) is 50.6 Å². The minimum atomic E-state index is 0.550. The molecule has 0 saturated heterocycles. The molecule has 1 fully saturated rings. The molecule has 1 aromatic carbocycles. The van der Waals surface area contributed by atoms with E-state index in [9.17, 15) is 0 Å². The summed E-state index contributed by atoms with van der Waals surface area (Å²) in [4.78, 5) is 0. The Morgan fingerprint density at radius 1 is 1.16 bits per heavy atom. The maximum atomic E-state index is 3.82. The summed E-state index contributed by atoms with van der Waals surface area (Å²) in [5, 5.41) is 3.82. The molecule has 0 spiro atoms. The summed E-state index contributed by atoms with van der Waals surface area (Å²) in [7, 11) is 0. The van der Waals surface area contributed by atoms with Crippen LogP contribution in [0.1, 0.15) is 64.0 Å². The number of unbranched alkanes of at least 4 members (excludes halogenated alkanes) is 2. The average Bonchev–Trinajstić information content (AvgIpc) is 3.28. The minimum Gasteiger partial charge on any atom is -0.310 e. The van der Waals surface area contributed by atoms with Crippen LogP contribution in [-0.4, -0.2) is 6.54 Å². The van der Waals surface area contributed by atoms with Crippen LogP contribution in [0, 0.1) is 11.8 Å². The monoisotopic (exact) mass is 259 g/mol. The van der Waals surface area contributed by atoms with Crippen LogP contribution >= 0.6 is 0 Å². The summed E-state index contributed by atoms with van der Waals surface area (Å²) in [6.45, 7) is 5.86. The lowest BCUT2D eigenvalue weighted by Gasteiger charge is -2.21. The zero-order chi connectivity index (χ0) is 13.5. The highest BCUT2D eigenvalue weighted by molar-refractivity contribution is 5.18. The van der Waals surface area contributed by atoms with Gasteiger partial charge in [0.25, 0.3) is 0 Å². The van der Waals surface area contributed by atoms with E-state index in [4.69, 9.17) is 0 Å². The molecule has 0 heterocycles. The van der Waals surface area contributed by atoms with Gasteiger partial charge in [-0.3, -0.25) is 0 Å². The summed E-state index contributed by atoms with van der Waals surface area (Å²) in [5.74, 6) is 1.84. The van der Waals surface area contributed by atoms with Crippen molar-refractivity contribution in [3.63, 3.8) is 0 Å². The van der Waals surface area contributed by atoms with Crippen molar-refractivity contribution in [3.05, 3.63) is 35.9 Å². The first kappa shape index (κ1) is 14.6. The van der Waals surface area contributed by atoms with E-state index in [1.807, 2.05) is 0 Å². The molecule has 1 aliphatic rings. The van der Waals surface area contributed by atoms with Crippen LogP contribution in [0.5, 0.6) is 0 Å². The van der Waals surface area contributed by atoms with Gasteiger partial charge in [0, 0.05) is 6.04 Å². The molecule has 1 N–H and O–H groups in total. The van der Waals surface area contributed by atoms with Crippen molar-refractivity contribution in [2.45, 2.75) is 58.4 Å². The lowest BCUT2D eigenvalue weighted by atomic mass is 9.99. The van der Waals surface area contributed by atoms with Gasteiger partial charge in [0.15, 0.2) is 0 Å². The molecule has 1 heteroatoms. The summed E-state index contributed by atoms with van der Waals surface area (Å²) in [6.07, 6.45) is 8.17. The van der Waals surface area contributed by atoms with Crippen molar-refractivity contribution in [2.75, 3.05) is 6.54 Å². The van der Waals surface area contributed by atoms with Crippen molar-refractivity contribution in [1.29, 1.82) is 0 Å². The number of rotatable bonds is 9. The number of benzene rings is 1. The Hall–Kier alpha value is -0.820. The van der Waals surface area contributed by atoms with Crippen LogP contribution in [0.15, 0.2) is 30.3 Å². The molecule has 19 heavy (non-hydrogen) atoms. The van der Waals surface area contributed by atoms with Gasteiger partial charge in [0.05, 0.1) is 0 Å². The van der Waals surface area contributed by atoms with Crippen molar-refractivity contribution in [2.24, 2.45) is 11.8 Å². The SMILES string of the molecule is CCCCCC(NCC(C)C1CC1)c1ccccc1. The van der Waals surface area contributed by atoms with Gasteiger partial charge in [0.1, 0.15) is 0 Å². The zero-order valence-corrected chi connectivity index (χ0v) is 12.6. The second-order valence-corrected chi connectivity index (χ2v) is 6.18. The van der Waals surface area contributed by atoms with Gasteiger partial charge in [-0.1, -0.05) is 63.4 Å². The van der Waals surface area contributed by atoms with Crippen LogP contribution in [0.25, 0.3) is 0 Å². The molecule has 106 valence electrons. The summed E-state index contributed by atoms with van der Waals surface area (Å²) in [5.41, 5.74) is 1.46. The molecular weight excluding hydrogens is 230 g/mol. The van der Waals surface area contributed by atoms with Gasteiger partial charge in [-0.15, -0.1) is 0 Å². The molecule has 0 radical (unpaired) electrons. The molecule has 1 nitrogen and oxygen atoms in total. The van der Waals surface area contributed by atoms with Crippen molar-refractivity contribution in [3.8, 4) is 0 Å². The van der Waals surface area contributed by atoms with Gasteiger partial charge >= 0.3 is 0 Å². The van der Waals surface area contributed by atoms with E-state index in [-0.39, 0.29) is 0 Å². The lowest BCUT2D eigenvalue weighted by molar-refractivity contribution is 0.399. The Morgan fingerprint density at radius 2 is 1.89 bits per heavy atom. The smallest absolute Gasteiger partial charge is 0.0320 e. The molecule has 0 aromatic heterocycles. The number of hydrogen-bond donors (Lipinski definition) is 1. The normalized spacial score (nSPS) is 18.2. The Morgan fingerprint density at radius 3 is 2.53 bits per heavy atom. The fraction of sp³-hybridized carbons (Fsp3) is 0.667. The Bertz CT molecular complexity index is 342. The third kappa shape index (κ3) is 4.99. The van der Waals surface area contributed by atoms with Gasteiger partial charge in [0.2, 0.25) is 0 Å². The molecule has 0 amide bonds. The predicted octanol–water partition coefficient (Wildman–Crippen LogP) is 4.94. The van der Waals surface area contributed by atoms with E-state index in [1.54, 1.807) is 0 Å². The zero-order valence-electron chi connectivity index (χ0n) is 12.6. The van der Waals surface area contributed by atoms with Crippen molar-refractivity contribution < 1.29 is 0 Å². The predicted molar refractivity (Wildman–Crippen MR) is 83.2 cm³/mol. The molecule has 2 atom stereocenters. The molecule has 0 aliphatic heterocycles. The number of nitrogens with one attached hydrogen (secondary N) is 1. The van der Waals surface area contributed by atoms with Crippen LogP contribution in [0.4, 0.5) is 0 Å². The average molecular weight is 259 g/mol. The maximum Gasteiger partial charge on any atom is 0.0320 e. The second kappa shape index (κ2) is 7.69. The highest BCUT2D eigenvalue weighted by Crippen LogP contribution is 2.36. The molecular formula is C18H29N. The topological polar surface area (TPSA) is 12.0 Å². The first-order valence-corrected chi connectivity index (χ1v) is 8.09. The fourth-order valence-corrected chi connectivity index (χ4v) is 2.83. The molecule has 1 aliphatic carbocycles. The first-order valence-electron chi connectivity index (χ1n) is 8.09. The van der Waals surface area contributed by atoms with Gasteiger partial charge in [-0.2, -0.15) is 0 Å². The summed E-state index contributed by atoms with van der Waals surface area (Å²) < 4.78 is 0. The quantitative estimate of drug-likeness (QED) is 0.619. The Kier molecular flexibility index (Phi) is 5.91. The first-order chi connectivity index (χ1) is 9.31. The highest BCUT2D eigenvalue weighted by atomic mass is 14.9. The van der Waals surface area contributed by atoms with Crippen molar-refractivity contribution in [1.82, 2.24) is 5.32 Å². The van der Waals surface area contributed by atoms with Crippen LogP contribution < -0.4 is 5.32 Å². The summed E-state index contributed by atoms with van der Waals surface area (Å²) in [6, 6.07) is 11.5. The molecule has 1 aromatic rings. The van der Waals surface area contributed by atoms with Crippen LogP contribution in [0.3, 0.4) is 0 Å². The molecule has 2 rings (SSSR count). The molecule has 1 saturated carbocycles. The standard InChI is InChI=1S/C18H29N/c1-3-4-6-11-18(17-9-7-5-8-10-17)19-14-15(2)16-12-13-16/h5,7-10,15-16,18-19H,3-4,6,11-14H2,1-2H3. The fourth-order valence-electron chi connectivity index (χ4n) is 2.83. The largest absolute Gasteiger partial charge is 0.310 e. The van der Waals surface area contributed by atoms with E-state index in [0.717, 1.165) is 11.8 Å². The Balaban J connectivity index is 1.85. The lowest BCUT2D eigenvalue weighted by Crippen LogP contribution is -2.27.